The minimum absolute atomic E-state index is 0.0506. The van der Waals surface area contributed by atoms with E-state index in [2.05, 4.69) is 15.1 Å². The topological polar surface area (TPSA) is 180 Å². The highest BCUT2D eigenvalue weighted by atomic mass is 16.7. The largest absolute Gasteiger partial charge is 0.338 e. The molecule has 0 N–H and O–H groups in total. The van der Waals surface area contributed by atoms with Crippen LogP contribution in [0.15, 0.2) is 10.2 Å². The summed E-state index contributed by atoms with van der Waals surface area (Å²) in [6, 6.07) is 1.87. The van der Waals surface area contributed by atoms with Crippen LogP contribution in [0.5, 0.6) is 0 Å². The summed E-state index contributed by atoms with van der Waals surface area (Å²) >= 11 is 0. The normalized spacial score (nSPS) is 19.5. The molecule has 0 radical (unpaired) electrons. The van der Waals surface area contributed by atoms with E-state index in [1.54, 1.807) is 0 Å². The molecule has 2 rings (SSSR count). The number of carbonyl (C=O) groups is 6. The number of carbonyl (C=O) groups excluding carboxylic acids is 6. The van der Waals surface area contributed by atoms with Crippen molar-refractivity contribution in [2.75, 3.05) is 0 Å². The fourth-order valence-corrected chi connectivity index (χ4v) is 2.77. The van der Waals surface area contributed by atoms with Crippen molar-refractivity contribution in [1.82, 2.24) is 10.1 Å². The van der Waals surface area contributed by atoms with Crippen LogP contribution in [0.25, 0.3) is 4.85 Å². The van der Waals surface area contributed by atoms with Gasteiger partial charge in [-0.15, -0.1) is 15.2 Å². The molecular formula is C20H22N6O8. The smallest absolute Gasteiger partial charge is 0.330 e. The minimum Gasteiger partial charge on any atom is -0.330 e. The highest BCUT2D eigenvalue weighted by molar-refractivity contribution is 6.02. The number of imide groups is 2. The lowest BCUT2D eigenvalue weighted by atomic mass is 9.99. The number of hydrogen-bond donors (Lipinski definition) is 0. The number of nitrogens with zero attached hydrogens (tertiary/aromatic N) is 6. The molecule has 4 amide bonds. The molecule has 2 atom stereocenters. The number of hydroxylamine groups is 4. The first kappa shape index (κ1) is 26.1. The van der Waals surface area contributed by atoms with Crippen molar-refractivity contribution in [3.63, 3.8) is 0 Å². The van der Waals surface area contributed by atoms with Crippen molar-refractivity contribution in [2.24, 2.45) is 10.2 Å². The fourth-order valence-electron chi connectivity index (χ4n) is 2.77. The third kappa shape index (κ3) is 6.65. The van der Waals surface area contributed by atoms with Crippen molar-refractivity contribution in [1.29, 1.82) is 5.26 Å². The monoisotopic (exact) mass is 474 g/mol. The zero-order valence-corrected chi connectivity index (χ0v) is 18.6. The SMILES string of the molecule is [C-]#[N+]C(C)(CCC(=O)ON1C(=O)CCC1=O)N=NC(C)(C#N)CCC(=O)ON1C(=O)CCC1=O. The van der Waals surface area contributed by atoms with E-state index in [1.807, 2.05) is 6.07 Å². The molecule has 0 saturated carbocycles. The van der Waals surface area contributed by atoms with Crippen molar-refractivity contribution in [2.45, 2.75) is 76.4 Å². The maximum atomic E-state index is 12.0. The molecule has 0 aliphatic carbocycles. The van der Waals surface area contributed by atoms with Gasteiger partial charge in [0.15, 0.2) is 5.54 Å². The first-order chi connectivity index (χ1) is 15.9. The van der Waals surface area contributed by atoms with Crippen LogP contribution in [0.1, 0.15) is 65.2 Å². The second-order valence-electron chi connectivity index (χ2n) is 8.00. The lowest BCUT2D eigenvalue weighted by Gasteiger charge is -2.18. The maximum Gasteiger partial charge on any atom is 0.338 e. The van der Waals surface area contributed by atoms with Gasteiger partial charge in [-0.1, -0.05) is 0 Å². The van der Waals surface area contributed by atoms with Gasteiger partial charge >= 0.3 is 17.6 Å². The third-order valence-electron chi connectivity index (χ3n) is 4.98. The standard InChI is InChI=1S/C20H22N6O8/c1-19(12-21,10-8-17(31)33-25-13(27)4-5-14(25)28)23-24-20(2,22-3)11-9-18(32)34-26-15(29)6-7-16(26)30/h4-11H2,1-2H3. The van der Waals surface area contributed by atoms with Crippen molar-refractivity contribution >= 4 is 35.6 Å². The Morgan fingerprint density at radius 3 is 1.71 bits per heavy atom. The van der Waals surface area contributed by atoms with E-state index in [1.165, 1.54) is 13.8 Å². The summed E-state index contributed by atoms with van der Waals surface area (Å²) in [5.74, 6) is -4.36. The molecule has 0 aromatic heterocycles. The molecule has 0 spiro atoms. The summed E-state index contributed by atoms with van der Waals surface area (Å²) in [6.07, 6.45) is -1.29. The van der Waals surface area contributed by atoms with E-state index in [0.29, 0.717) is 10.1 Å². The average Bonchev–Trinajstić information content (AvgIpc) is 3.30. The van der Waals surface area contributed by atoms with E-state index >= 15 is 0 Å². The molecule has 0 aromatic rings. The Morgan fingerprint density at radius 2 is 1.32 bits per heavy atom. The average molecular weight is 474 g/mol. The van der Waals surface area contributed by atoms with Gasteiger partial charge in [0.2, 0.25) is 0 Å². The highest BCUT2D eigenvalue weighted by Crippen LogP contribution is 2.26. The summed E-state index contributed by atoms with van der Waals surface area (Å²) in [7, 11) is 0. The van der Waals surface area contributed by atoms with Crippen molar-refractivity contribution in [3.8, 4) is 6.07 Å². The van der Waals surface area contributed by atoms with Gasteiger partial charge in [0.05, 0.1) is 25.3 Å². The van der Waals surface area contributed by atoms with E-state index in [-0.39, 0.29) is 51.4 Å². The van der Waals surface area contributed by atoms with E-state index in [4.69, 9.17) is 16.2 Å². The molecular weight excluding hydrogens is 452 g/mol. The Labute approximate surface area is 194 Å². The number of amides is 4. The number of hydrogen-bond acceptors (Lipinski definition) is 11. The number of rotatable bonds is 10. The van der Waals surface area contributed by atoms with Crippen LogP contribution in [-0.2, 0) is 38.4 Å². The van der Waals surface area contributed by atoms with E-state index in [0.717, 1.165) is 0 Å². The predicted molar refractivity (Wildman–Crippen MR) is 107 cm³/mol. The Kier molecular flexibility index (Phi) is 8.13. The maximum absolute atomic E-state index is 12.0. The quantitative estimate of drug-likeness (QED) is 0.255. The minimum atomic E-state index is -1.56. The third-order valence-corrected chi connectivity index (χ3v) is 4.98. The molecule has 2 saturated heterocycles. The molecule has 14 heteroatoms. The zero-order chi connectivity index (χ0) is 25.5. The molecule has 2 aliphatic heterocycles. The van der Waals surface area contributed by atoms with Gasteiger partial charge < -0.3 is 9.68 Å². The molecule has 34 heavy (non-hydrogen) atoms. The van der Waals surface area contributed by atoms with Gasteiger partial charge in [0.1, 0.15) is 0 Å². The summed E-state index contributed by atoms with van der Waals surface area (Å²) in [6.45, 7) is 10.1. The predicted octanol–water partition coefficient (Wildman–Crippen LogP) is 1.13. The van der Waals surface area contributed by atoms with Crippen molar-refractivity contribution in [3.05, 3.63) is 11.4 Å². The van der Waals surface area contributed by atoms with E-state index in [9.17, 15) is 34.0 Å². The van der Waals surface area contributed by atoms with Gasteiger partial charge in [-0.2, -0.15) is 10.4 Å². The Bertz CT molecular complexity index is 915. The van der Waals surface area contributed by atoms with Crippen LogP contribution >= 0.6 is 0 Å². The summed E-state index contributed by atoms with van der Waals surface area (Å²) in [5, 5.41) is 18.0. The van der Waals surface area contributed by atoms with Crippen LogP contribution in [-0.4, -0.2) is 56.9 Å². The van der Waals surface area contributed by atoms with Gasteiger partial charge in [-0.05, 0) is 13.3 Å². The molecule has 2 unspecified atom stereocenters. The van der Waals surface area contributed by atoms with Gasteiger partial charge in [0, 0.05) is 32.6 Å². The Balaban J connectivity index is 1.91. The Hall–Kier alpha value is -4.20. The number of azo groups is 1. The lowest BCUT2D eigenvalue weighted by molar-refractivity contribution is -0.197. The summed E-state index contributed by atoms with van der Waals surface area (Å²) in [4.78, 5) is 82.8. The molecule has 2 aliphatic rings. The highest BCUT2D eigenvalue weighted by Gasteiger charge is 2.37. The van der Waals surface area contributed by atoms with Gasteiger partial charge in [-0.25, -0.2) is 16.2 Å². The number of nitriles is 1. The first-order valence-corrected chi connectivity index (χ1v) is 10.3. The van der Waals surface area contributed by atoms with Crippen molar-refractivity contribution < 1.29 is 38.4 Å². The summed E-state index contributed by atoms with van der Waals surface area (Å²) in [5.41, 5.74) is -3.11. The molecule has 0 aromatic carbocycles. The second-order valence-corrected chi connectivity index (χ2v) is 8.00. The van der Waals surface area contributed by atoms with Gasteiger partial charge in [0.25, 0.3) is 23.6 Å². The zero-order valence-electron chi connectivity index (χ0n) is 18.6. The molecule has 2 fully saturated rings. The molecule has 0 bridgehead atoms. The van der Waals surface area contributed by atoms with Crippen LogP contribution < -0.4 is 0 Å². The van der Waals surface area contributed by atoms with E-state index < -0.39 is 46.8 Å². The fraction of sp³-hybridized carbons (Fsp3) is 0.600. The second kappa shape index (κ2) is 10.6. The molecule has 14 nitrogen and oxygen atoms in total. The van der Waals surface area contributed by atoms with Crippen LogP contribution in [0, 0.1) is 17.9 Å². The summed E-state index contributed by atoms with van der Waals surface area (Å²) < 4.78 is 0. The molecule has 2 heterocycles. The van der Waals surface area contributed by atoms with Gasteiger partial charge in [-0.3, -0.25) is 24.0 Å². The van der Waals surface area contributed by atoms with Crippen LogP contribution in [0.4, 0.5) is 0 Å². The lowest BCUT2D eigenvalue weighted by Crippen LogP contribution is -2.33. The first-order valence-electron chi connectivity index (χ1n) is 10.3. The molecule has 180 valence electrons. The van der Waals surface area contributed by atoms with Crippen LogP contribution in [0.2, 0.25) is 0 Å². The Morgan fingerprint density at radius 1 is 0.912 bits per heavy atom. The van der Waals surface area contributed by atoms with Crippen LogP contribution in [0.3, 0.4) is 0 Å².